The SMILES string of the molecule is CC(C)[C@H](NC(=O)OCc1ccccc1)C(=O)N[C@@H](Cc1ccccc1)C(=O)P(=O)(OCc1ccccc1)OCc1ccccc1. The minimum atomic E-state index is -4.48. The fourth-order valence-corrected chi connectivity index (χ4v) is 6.07. The lowest BCUT2D eigenvalue weighted by Gasteiger charge is -2.27. The summed E-state index contributed by atoms with van der Waals surface area (Å²) in [7, 11) is -4.48. The third kappa shape index (κ3) is 10.5. The van der Waals surface area contributed by atoms with Crippen LogP contribution in [0.2, 0.25) is 0 Å². The van der Waals surface area contributed by atoms with Crippen LogP contribution in [0, 0.1) is 5.92 Å². The Morgan fingerprint density at radius 3 is 1.46 bits per heavy atom. The van der Waals surface area contributed by atoms with Gasteiger partial charge in [0, 0.05) is 6.42 Å². The largest absolute Gasteiger partial charge is 0.445 e. The number of rotatable bonds is 16. The van der Waals surface area contributed by atoms with E-state index in [9.17, 15) is 18.9 Å². The van der Waals surface area contributed by atoms with Crippen LogP contribution in [0.1, 0.15) is 36.1 Å². The van der Waals surface area contributed by atoms with E-state index in [0.29, 0.717) is 11.1 Å². The van der Waals surface area contributed by atoms with Crippen molar-refractivity contribution in [2.75, 3.05) is 0 Å². The normalized spacial score (nSPS) is 12.6. The van der Waals surface area contributed by atoms with E-state index in [0.717, 1.165) is 11.1 Å². The molecule has 0 aromatic heterocycles. The molecule has 0 bridgehead atoms. The summed E-state index contributed by atoms with van der Waals surface area (Å²) in [4.78, 5) is 40.5. The van der Waals surface area contributed by atoms with Crippen LogP contribution < -0.4 is 10.6 Å². The van der Waals surface area contributed by atoms with Crippen molar-refractivity contribution < 1.29 is 32.7 Å². The van der Waals surface area contributed by atoms with Crippen molar-refractivity contribution >= 4 is 25.1 Å². The zero-order valence-corrected chi connectivity index (χ0v) is 26.8. The molecule has 0 fully saturated rings. The van der Waals surface area contributed by atoms with E-state index < -0.39 is 37.2 Å². The maximum atomic E-state index is 14.3. The molecule has 2 amide bonds. The molecular weight excluding hydrogens is 603 g/mol. The van der Waals surface area contributed by atoms with Crippen molar-refractivity contribution in [1.29, 1.82) is 0 Å². The predicted octanol–water partition coefficient (Wildman–Crippen LogP) is 6.82. The van der Waals surface area contributed by atoms with Crippen LogP contribution >= 0.6 is 7.60 Å². The Bertz CT molecular complexity index is 1540. The third-order valence-electron chi connectivity index (χ3n) is 7.09. The highest BCUT2D eigenvalue weighted by atomic mass is 31.2. The second kappa shape index (κ2) is 17.2. The van der Waals surface area contributed by atoms with Crippen molar-refractivity contribution in [3.05, 3.63) is 144 Å². The second-order valence-electron chi connectivity index (χ2n) is 11.0. The Balaban J connectivity index is 1.55. The van der Waals surface area contributed by atoms with Crippen LogP contribution in [-0.2, 0) is 54.2 Å². The summed E-state index contributed by atoms with van der Waals surface area (Å²) >= 11 is 0. The van der Waals surface area contributed by atoms with E-state index in [4.69, 9.17) is 13.8 Å². The van der Waals surface area contributed by atoms with E-state index >= 15 is 0 Å². The van der Waals surface area contributed by atoms with E-state index in [1.54, 1.807) is 86.6 Å². The Morgan fingerprint density at radius 2 is 1.02 bits per heavy atom. The van der Waals surface area contributed by atoms with Gasteiger partial charge in [0.15, 0.2) is 0 Å². The molecule has 0 saturated carbocycles. The van der Waals surface area contributed by atoms with Gasteiger partial charge in [-0.15, -0.1) is 0 Å². The summed E-state index contributed by atoms with van der Waals surface area (Å²) in [5.41, 5.74) is 2.00. The first-order chi connectivity index (χ1) is 22.2. The number of carbonyl (C=O) groups is 3. The van der Waals surface area contributed by atoms with E-state index in [2.05, 4.69) is 10.6 Å². The molecule has 4 aromatic rings. The van der Waals surface area contributed by atoms with Gasteiger partial charge in [0.05, 0.1) is 13.2 Å². The molecule has 0 unspecified atom stereocenters. The van der Waals surface area contributed by atoms with E-state index in [-0.39, 0.29) is 32.2 Å². The number of hydrogen-bond donors (Lipinski definition) is 2. The van der Waals surface area contributed by atoms with Crippen LogP contribution in [-0.4, -0.2) is 29.6 Å². The Hall–Kier alpha value is -4.56. The van der Waals surface area contributed by atoms with E-state index in [1.165, 1.54) is 0 Å². The molecule has 0 spiro atoms. The van der Waals surface area contributed by atoms with Gasteiger partial charge in [-0.2, -0.15) is 0 Å². The molecule has 0 aliphatic heterocycles. The molecule has 2 atom stereocenters. The topological polar surface area (TPSA) is 120 Å². The summed E-state index contributed by atoms with van der Waals surface area (Å²) < 4.78 is 31.2. The number of hydrogen-bond acceptors (Lipinski definition) is 7. The highest BCUT2D eigenvalue weighted by Gasteiger charge is 2.42. The van der Waals surface area contributed by atoms with Crippen LogP contribution in [0.15, 0.2) is 121 Å². The molecule has 0 aliphatic rings. The molecule has 46 heavy (non-hydrogen) atoms. The van der Waals surface area contributed by atoms with Gasteiger partial charge in [0.25, 0.3) is 5.52 Å². The molecule has 0 heterocycles. The maximum Gasteiger partial charge on any atom is 0.408 e. The predicted molar refractivity (Wildman–Crippen MR) is 176 cm³/mol. The van der Waals surface area contributed by atoms with Gasteiger partial charge < -0.3 is 15.4 Å². The van der Waals surface area contributed by atoms with Crippen molar-refractivity contribution in [1.82, 2.24) is 10.6 Å². The summed E-state index contributed by atoms with van der Waals surface area (Å²) in [5, 5.41) is 5.35. The molecular formula is C36H39N2O7P. The van der Waals surface area contributed by atoms with Crippen LogP contribution in [0.5, 0.6) is 0 Å². The van der Waals surface area contributed by atoms with Crippen molar-refractivity contribution in [3.8, 4) is 0 Å². The molecule has 9 nitrogen and oxygen atoms in total. The quantitative estimate of drug-likeness (QED) is 0.129. The molecule has 0 aliphatic carbocycles. The highest BCUT2D eigenvalue weighted by Crippen LogP contribution is 2.52. The lowest BCUT2D eigenvalue weighted by molar-refractivity contribution is -0.127. The molecule has 4 rings (SSSR count). The lowest BCUT2D eigenvalue weighted by atomic mass is 10.0. The Kier molecular flexibility index (Phi) is 12.8. The minimum absolute atomic E-state index is 0.0159. The molecule has 0 saturated heterocycles. The lowest BCUT2D eigenvalue weighted by Crippen LogP contribution is -2.54. The number of carbonyl (C=O) groups excluding carboxylic acids is 3. The first-order valence-electron chi connectivity index (χ1n) is 15.1. The second-order valence-corrected chi connectivity index (χ2v) is 13.0. The molecule has 4 aromatic carbocycles. The summed E-state index contributed by atoms with van der Waals surface area (Å²) in [6.07, 6.45) is -0.770. The zero-order chi connectivity index (χ0) is 32.8. The fraction of sp³-hybridized carbons (Fsp3) is 0.250. The highest BCUT2D eigenvalue weighted by molar-refractivity contribution is 7.72. The molecule has 0 radical (unpaired) electrons. The zero-order valence-electron chi connectivity index (χ0n) is 25.9. The molecule has 240 valence electrons. The minimum Gasteiger partial charge on any atom is -0.445 e. The summed E-state index contributed by atoms with van der Waals surface area (Å²) in [5.74, 6) is -1.01. The van der Waals surface area contributed by atoms with Gasteiger partial charge in [-0.3, -0.25) is 23.2 Å². The standard InChI is InChI=1S/C36H39N2O7P/c1-27(2)33(38-36(41)43-24-29-17-9-4-10-18-29)34(39)37-32(23-28-15-7-3-8-16-28)35(40)46(42,44-25-30-19-11-5-12-20-30)45-26-31-21-13-6-14-22-31/h3-22,27,32-33H,23-26H2,1-2H3,(H,37,39)(H,38,41)/t32-,33-/m0/s1. The number of amides is 2. The van der Waals surface area contributed by atoms with Gasteiger partial charge in [-0.05, 0) is 28.2 Å². The monoisotopic (exact) mass is 642 g/mol. The smallest absolute Gasteiger partial charge is 0.408 e. The van der Waals surface area contributed by atoms with Crippen LogP contribution in [0.3, 0.4) is 0 Å². The molecule has 2 N–H and O–H groups in total. The third-order valence-corrected chi connectivity index (χ3v) is 8.88. The van der Waals surface area contributed by atoms with Crippen molar-refractivity contribution in [2.45, 2.75) is 52.2 Å². The summed E-state index contributed by atoms with van der Waals surface area (Å²) in [6, 6.07) is 33.9. The first kappa shape index (κ1) is 34.3. The van der Waals surface area contributed by atoms with Crippen molar-refractivity contribution in [2.24, 2.45) is 5.92 Å². The summed E-state index contributed by atoms with van der Waals surface area (Å²) in [6.45, 7) is 3.25. The number of ether oxygens (including phenoxy) is 1. The van der Waals surface area contributed by atoms with Crippen LogP contribution in [0.4, 0.5) is 4.79 Å². The van der Waals surface area contributed by atoms with Gasteiger partial charge >= 0.3 is 13.7 Å². The van der Waals surface area contributed by atoms with E-state index in [1.807, 2.05) is 48.5 Å². The average molecular weight is 643 g/mol. The van der Waals surface area contributed by atoms with Crippen molar-refractivity contribution in [3.63, 3.8) is 0 Å². The first-order valence-corrected chi connectivity index (χ1v) is 16.6. The van der Waals surface area contributed by atoms with Gasteiger partial charge in [-0.25, -0.2) is 4.79 Å². The Morgan fingerprint density at radius 1 is 0.609 bits per heavy atom. The number of benzene rings is 4. The number of alkyl carbamates (subject to hydrolysis) is 1. The number of nitrogens with one attached hydrogen (secondary N) is 2. The van der Waals surface area contributed by atoms with Gasteiger partial charge in [0.1, 0.15) is 18.7 Å². The average Bonchev–Trinajstić information content (AvgIpc) is 3.09. The fourth-order valence-electron chi connectivity index (χ4n) is 4.56. The Labute approximate surface area is 269 Å². The van der Waals surface area contributed by atoms with Gasteiger partial charge in [0.2, 0.25) is 5.91 Å². The maximum absolute atomic E-state index is 14.3. The molecule has 10 heteroatoms. The van der Waals surface area contributed by atoms with Crippen LogP contribution in [0.25, 0.3) is 0 Å². The van der Waals surface area contributed by atoms with Gasteiger partial charge in [-0.1, -0.05) is 135 Å².